The molecule has 2 rings (SSSR count). The number of aryl methyl sites for hydroxylation is 1. The molecule has 94 valence electrons. The van der Waals surface area contributed by atoms with Gasteiger partial charge in [-0.15, -0.1) is 0 Å². The first kappa shape index (κ1) is 12.9. The van der Waals surface area contributed by atoms with Crippen LogP contribution in [0, 0.1) is 18.3 Å². The molecule has 1 saturated carbocycles. The fraction of sp³-hybridized carbons (Fsp3) is 0.600. The Kier molecular flexibility index (Phi) is 3.53. The van der Waals surface area contributed by atoms with Crippen molar-refractivity contribution < 1.29 is 0 Å². The average Bonchev–Trinajstić information content (AvgIpc) is 2.46. The van der Waals surface area contributed by atoms with Gasteiger partial charge in [0.15, 0.2) is 0 Å². The number of hydrogen-bond acceptors (Lipinski definition) is 1. The molecule has 1 nitrogen and oxygen atoms in total. The zero-order chi connectivity index (χ0) is 12.6. The highest BCUT2D eigenvalue weighted by Crippen LogP contribution is 2.42. The molecule has 2 heteroatoms. The molecule has 1 N–H and O–H groups in total. The van der Waals surface area contributed by atoms with Crippen molar-refractivity contribution in [3.8, 4) is 0 Å². The van der Waals surface area contributed by atoms with E-state index < -0.39 is 0 Å². The molecule has 0 radical (unpaired) electrons. The second-order valence-electron chi connectivity index (χ2n) is 6.28. The second kappa shape index (κ2) is 4.64. The molecule has 1 aliphatic carbocycles. The van der Waals surface area contributed by atoms with E-state index in [1.807, 2.05) is 0 Å². The molecule has 0 spiro atoms. The molecule has 1 aromatic carbocycles. The molecule has 0 aromatic heterocycles. The SMILES string of the molecule is Cc1ccc(Br)c(NC2CC(C)(C)CC2C)c1. The van der Waals surface area contributed by atoms with Crippen LogP contribution in [-0.2, 0) is 0 Å². The molecule has 2 atom stereocenters. The molecule has 0 amide bonds. The fourth-order valence-corrected chi connectivity index (χ4v) is 3.40. The van der Waals surface area contributed by atoms with Crippen LogP contribution < -0.4 is 5.32 Å². The van der Waals surface area contributed by atoms with Gasteiger partial charge in [0.1, 0.15) is 0 Å². The van der Waals surface area contributed by atoms with Crippen molar-refractivity contribution in [3.05, 3.63) is 28.2 Å². The highest BCUT2D eigenvalue weighted by molar-refractivity contribution is 9.10. The van der Waals surface area contributed by atoms with Crippen molar-refractivity contribution in [3.63, 3.8) is 0 Å². The topological polar surface area (TPSA) is 12.0 Å². The molecule has 1 aromatic rings. The first-order chi connectivity index (χ1) is 7.87. The van der Waals surface area contributed by atoms with Crippen LogP contribution in [0.25, 0.3) is 0 Å². The summed E-state index contributed by atoms with van der Waals surface area (Å²) in [5.74, 6) is 0.748. The monoisotopic (exact) mass is 295 g/mol. The van der Waals surface area contributed by atoms with Gasteiger partial charge in [-0.05, 0) is 64.7 Å². The van der Waals surface area contributed by atoms with Gasteiger partial charge < -0.3 is 5.32 Å². The average molecular weight is 296 g/mol. The second-order valence-corrected chi connectivity index (χ2v) is 7.14. The summed E-state index contributed by atoms with van der Waals surface area (Å²) >= 11 is 3.62. The fourth-order valence-electron chi connectivity index (χ4n) is 3.04. The molecule has 1 aliphatic rings. The summed E-state index contributed by atoms with van der Waals surface area (Å²) in [5.41, 5.74) is 3.02. The van der Waals surface area contributed by atoms with E-state index in [0.29, 0.717) is 11.5 Å². The summed E-state index contributed by atoms with van der Waals surface area (Å²) in [6.45, 7) is 9.24. The Morgan fingerprint density at radius 2 is 2.00 bits per heavy atom. The quantitative estimate of drug-likeness (QED) is 0.810. The lowest BCUT2D eigenvalue weighted by Gasteiger charge is -2.21. The van der Waals surface area contributed by atoms with Crippen LogP contribution in [0.3, 0.4) is 0 Å². The van der Waals surface area contributed by atoms with Gasteiger partial charge in [-0.1, -0.05) is 26.8 Å². The summed E-state index contributed by atoms with van der Waals surface area (Å²) in [6.07, 6.45) is 2.57. The predicted octanol–water partition coefficient (Wildman–Crippen LogP) is 4.99. The summed E-state index contributed by atoms with van der Waals surface area (Å²) < 4.78 is 1.17. The molecule has 0 heterocycles. The normalized spacial score (nSPS) is 27.1. The number of hydrogen-bond donors (Lipinski definition) is 1. The maximum atomic E-state index is 3.71. The molecule has 0 saturated heterocycles. The van der Waals surface area contributed by atoms with Crippen molar-refractivity contribution in [1.29, 1.82) is 0 Å². The Hall–Kier alpha value is -0.500. The summed E-state index contributed by atoms with van der Waals surface area (Å²) in [7, 11) is 0. The van der Waals surface area contributed by atoms with E-state index in [0.717, 1.165) is 5.92 Å². The van der Waals surface area contributed by atoms with Gasteiger partial charge in [0.25, 0.3) is 0 Å². The van der Waals surface area contributed by atoms with Crippen molar-refractivity contribution >= 4 is 21.6 Å². The smallest absolute Gasteiger partial charge is 0.0489 e. The summed E-state index contributed by atoms with van der Waals surface area (Å²) in [4.78, 5) is 0. The van der Waals surface area contributed by atoms with Crippen molar-refractivity contribution in [2.24, 2.45) is 11.3 Å². The van der Waals surface area contributed by atoms with Gasteiger partial charge >= 0.3 is 0 Å². The minimum Gasteiger partial charge on any atom is -0.381 e. The van der Waals surface area contributed by atoms with Crippen molar-refractivity contribution in [1.82, 2.24) is 0 Å². The third-order valence-corrected chi connectivity index (χ3v) is 4.49. The number of rotatable bonds is 2. The lowest BCUT2D eigenvalue weighted by atomic mass is 9.91. The van der Waals surface area contributed by atoms with E-state index in [1.165, 1.54) is 28.6 Å². The van der Waals surface area contributed by atoms with Gasteiger partial charge in [-0.25, -0.2) is 0 Å². The third kappa shape index (κ3) is 3.04. The number of nitrogens with one attached hydrogen (secondary N) is 1. The van der Waals surface area contributed by atoms with Gasteiger partial charge in [0, 0.05) is 16.2 Å². The van der Waals surface area contributed by atoms with E-state index in [2.05, 4.69) is 67.1 Å². The first-order valence-corrected chi connectivity index (χ1v) is 7.19. The van der Waals surface area contributed by atoms with Gasteiger partial charge in [0.2, 0.25) is 0 Å². The van der Waals surface area contributed by atoms with E-state index >= 15 is 0 Å². The molecule has 2 unspecified atom stereocenters. The highest BCUT2D eigenvalue weighted by atomic mass is 79.9. The Labute approximate surface area is 113 Å². The number of anilines is 1. The van der Waals surface area contributed by atoms with Crippen molar-refractivity contribution in [2.75, 3.05) is 5.32 Å². The van der Waals surface area contributed by atoms with E-state index in [9.17, 15) is 0 Å². The molecule has 17 heavy (non-hydrogen) atoms. The molecule has 0 bridgehead atoms. The maximum Gasteiger partial charge on any atom is 0.0489 e. The maximum absolute atomic E-state index is 3.71. The Morgan fingerprint density at radius 3 is 2.59 bits per heavy atom. The molecule has 1 fully saturated rings. The van der Waals surface area contributed by atoms with E-state index in [4.69, 9.17) is 0 Å². The molecular formula is C15H22BrN. The largest absolute Gasteiger partial charge is 0.381 e. The van der Waals surface area contributed by atoms with Gasteiger partial charge in [-0.3, -0.25) is 0 Å². The van der Waals surface area contributed by atoms with Crippen LogP contribution in [0.15, 0.2) is 22.7 Å². The van der Waals surface area contributed by atoms with Crippen LogP contribution in [0.4, 0.5) is 5.69 Å². The summed E-state index contributed by atoms with van der Waals surface area (Å²) in [5, 5.41) is 3.71. The Bertz CT molecular complexity index is 411. The minimum atomic E-state index is 0.480. The number of benzene rings is 1. The zero-order valence-electron chi connectivity index (χ0n) is 11.2. The van der Waals surface area contributed by atoms with Crippen LogP contribution in [0.1, 0.15) is 39.2 Å². The van der Waals surface area contributed by atoms with Crippen LogP contribution in [0.5, 0.6) is 0 Å². The predicted molar refractivity (Wildman–Crippen MR) is 78.5 cm³/mol. The standard InChI is InChI=1S/C15H22BrN/c1-10-5-6-12(16)13(7-10)17-14-9-15(3,4)8-11(14)2/h5-7,11,14,17H,8-9H2,1-4H3. The van der Waals surface area contributed by atoms with Crippen molar-refractivity contribution in [2.45, 2.75) is 46.6 Å². The van der Waals surface area contributed by atoms with Gasteiger partial charge in [0.05, 0.1) is 0 Å². The lowest BCUT2D eigenvalue weighted by Crippen LogP contribution is -2.22. The van der Waals surface area contributed by atoms with Crippen LogP contribution in [-0.4, -0.2) is 6.04 Å². The first-order valence-electron chi connectivity index (χ1n) is 6.40. The van der Waals surface area contributed by atoms with E-state index in [1.54, 1.807) is 0 Å². The Morgan fingerprint density at radius 1 is 1.29 bits per heavy atom. The van der Waals surface area contributed by atoms with Gasteiger partial charge in [-0.2, -0.15) is 0 Å². The molecular weight excluding hydrogens is 274 g/mol. The molecule has 0 aliphatic heterocycles. The minimum absolute atomic E-state index is 0.480. The van der Waals surface area contributed by atoms with E-state index in [-0.39, 0.29) is 0 Å². The third-order valence-electron chi connectivity index (χ3n) is 3.80. The van der Waals surface area contributed by atoms with Crippen LogP contribution >= 0.6 is 15.9 Å². The number of halogens is 1. The summed E-state index contributed by atoms with van der Waals surface area (Å²) in [6, 6.07) is 7.09. The Balaban J connectivity index is 2.14. The van der Waals surface area contributed by atoms with Crippen LogP contribution in [0.2, 0.25) is 0 Å². The lowest BCUT2D eigenvalue weighted by molar-refractivity contribution is 0.366. The zero-order valence-corrected chi connectivity index (χ0v) is 12.8. The highest BCUT2D eigenvalue weighted by Gasteiger charge is 2.36.